The predicted molar refractivity (Wildman–Crippen MR) is 123 cm³/mol. The monoisotopic (exact) mass is 522 g/mol. The number of carbonyl (C=O) groups is 4. The van der Waals surface area contributed by atoms with E-state index in [0.29, 0.717) is 4.90 Å². The summed E-state index contributed by atoms with van der Waals surface area (Å²) in [6.07, 6.45) is -8.23. The van der Waals surface area contributed by atoms with Crippen LogP contribution in [-0.4, -0.2) is 59.2 Å². The van der Waals surface area contributed by atoms with Crippen LogP contribution in [-0.2, 0) is 9.59 Å². The van der Waals surface area contributed by atoms with E-state index >= 15 is 0 Å². The number of benzene rings is 2. The molecule has 180 valence electrons. The van der Waals surface area contributed by atoms with Crippen molar-refractivity contribution in [1.29, 1.82) is 0 Å². The van der Waals surface area contributed by atoms with Crippen molar-refractivity contribution in [2.24, 2.45) is 0 Å². The van der Waals surface area contributed by atoms with Crippen LogP contribution in [0, 0.1) is 11.6 Å². The smallest absolute Gasteiger partial charge is 0.253 e. The van der Waals surface area contributed by atoms with E-state index in [9.17, 15) is 28.0 Å². The standard InChI is InChI=1S/2C12H11ClFNO2/c2*13-10-7-8(1-2-11(10)14)12(17)15-5-3-9(16)4-6-15/h2*1-2,7H,3-6H2/i3D2,4D2,5D2,6D2;5D2,6D2. The van der Waals surface area contributed by atoms with Gasteiger partial charge in [0.05, 0.1) is 10.0 Å². The molecule has 2 aromatic carbocycles. The SMILES string of the molecule is [2H]C1([2H])C(=O)C([2H])([2H])C([2H])([2H])N(C(=O)c2ccc(F)c(Cl)c2)C1([2H])[2H].[2H]C1([2H])CC(=O)CC([2H])([2H])N1C(=O)c1ccc(F)c(Cl)c1. The van der Waals surface area contributed by atoms with Crippen LogP contribution in [0.2, 0.25) is 10.0 Å². The third kappa shape index (κ3) is 6.61. The normalized spacial score (nSPS) is 30.2. The third-order valence-corrected chi connectivity index (χ3v) is 4.75. The molecule has 34 heavy (non-hydrogen) atoms. The summed E-state index contributed by atoms with van der Waals surface area (Å²) in [5.41, 5.74) is -0.649. The average molecular weight is 523 g/mol. The van der Waals surface area contributed by atoms with E-state index in [2.05, 4.69) is 0 Å². The van der Waals surface area contributed by atoms with Gasteiger partial charge in [-0.1, -0.05) is 23.2 Å². The van der Waals surface area contributed by atoms with Crippen molar-refractivity contribution < 1.29 is 44.4 Å². The van der Waals surface area contributed by atoms with Gasteiger partial charge in [-0.25, -0.2) is 8.78 Å². The maximum absolute atomic E-state index is 13.2. The van der Waals surface area contributed by atoms with Gasteiger partial charge in [0.2, 0.25) is 0 Å². The lowest BCUT2D eigenvalue weighted by molar-refractivity contribution is -0.121. The molecular weight excluding hydrogens is 489 g/mol. The second-order valence-corrected chi connectivity index (χ2v) is 7.36. The number of rotatable bonds is 2. The Hall–Kier alpha value is -2.84. The Morgan fingerprint density at radius 3 is 1.56 bits per heavy atom. The minimum atomic E-state index is -3.53. The minimum Gasteiger partial charge on any atom is -0.338 e. The zero-order chi connectivity index (χ0) is 35.6. The van der Waals surface area contributed by atoms with Crippen molar-refractivity contribution in [3.05, 3.63) is 69.2 Å². The largest absolute Gasteiger partial charge is 0.338 e. The minimum absolute atomic E-state index is 0.150. The number of halogens is 4. The molecule has 0 N–H and O–H groups in total. The van der Waals surface area contributed by atoms with Gasteiger partial charge in [0, 0.05) is 79.2 Å². The number of likely N-dealkylation sites (tertiary alicyclic amines) is 2. The fraction of sp³-hybridized carbons (Fsp3) is 0.333. The van der Waals surface area contributed by atoms with Gasteiger partial charge in [-0.2, -0.15) is 0 Å². The molecule has 2 aliphatic rings. The molecule has 2 heterocycles. The first-order chi connectivity index (χ1) is 20.6. The Kier molecular flexibility index (Phi) is 4.71. The number of hydrogen-bond donors (Lipinski definition) is 0. The first kappa shape index (κ1) is 13.9. The molecule has 2 aliphatic heterocycles. The summed E-state index contributed by atoms with van der Waals surface area (Å²) in [5.74, 6) is -6.68. The Bertz CT molecular complexity index is 1580. The van der Waals surface area contributed by atoms with Crippen LogP contribution < -0.4 is 0 Å². The maximum atomic E-state index is 13.2. The van der Waals surface area contributed by atoms with Crippen LogP contribution in [0.5, 0.6) is 0 Å². The topological polar surface area (TPSA) is 74.8 Å². The maximum Gasteiger partial charge on any atom is 0.253 e. The van der Waals surface area contributed by atoms with E-state index in [0.717, 1.165) is 36.4 Å². The molecule has 6 nitrogen and oxygen atoms in total. The fourth-order valence-corrected chi connectivity index (χ4v) is 2.85. The summed E-state index contributed by atoms with van der Waals surface area (Å²) >= 11 is 11.1. The molecule has 0 bridgehead atoms. The molecule has 2 saturated heterocycles. The molecule has 10 heteroatoms. The van der Waals surface area contributed by atoms with Gasteiger partial charge in [0.25, 0.3) is 11.8 Å². The lowest BCUT2D eigenvalue weighted by Gasteiger charge is -2.26. The van der Waals surface area contributed by atoms with E-state index in [1.54, 1.807) is 0 Å². The summed E-state index contributed by atoms with van der Waals surface area (Å²) < 4.78 is 119. The number of hydrogen-bond acceptors (Lipinski definition) is 4. The number of ketones is 2. The van der Waals surface area contributed by atoms with Gasteiger partial charge in [0.15, 0.2) is 0 Å². The van der Waals surface area contributed by atoms with Crippen LogP contribution in [0.1, 0.15) is 62.8 Å². The van der Waals surface area contributed by atoms with E-state index in [1.165, 1.54) is 0 Å². The highest BCUT2D eigenvalue weighted by Gasteiger charge is 2.23. The highest BCUT2D eigenvalue weighted by molar-refractivity contribution is 6.31. The van der Waals surface area contributed by atoms with Crippen LogP contribution in [0.25, 0.3) is 0 Å². The van der Waals surface area contributed by atoms with E-state index in [4.69, 9.17) is 39.7 Å². The number of Topliss-reactive ketones (excluding diaryl/α,β-unsaturated/α-hetero) is 2. The molecule has 0 radical (unpaired) electrons. The van der Waals surface area contributed by atoms with Gasteiger partial charge in [-0.3, -0.25) is 19.2 Å². The Balaban J connectivity index is 0.000000254. The average Bonchev–Trinajstić information content (AvgIpc) is 2.88. The number of carbonyl (C=O) groups excluding carboxylic acids is 4. The van der Waals surface area contributed by atoms with Crippen molar-refractivity contribution in [1.82, 2.24) is 9.80 Å². The van der Waals surface area contributed by atoms with E-state index in [-0.39, 0.29) is 15.5 Å². The number of piperidine rings is 2. The molecular formula is C24H22Cl2F2N2O4. The summed E-state index contributed by atoms with van der Waals surface area (Å²) in [6.45, 7) is -12.0. The van der Waals surface area contributed by atoms with Gasteiger partial charge >= 0.3 is 0 Å². The summed E-state index contributed by atoms with van der Waals surface area (Å²) in [5, 5.41) is -0.846. The van der Waals surface area contributed by atoms with E-state index < -0.39 is 97.2 Å². The van der Waals surface area contributed by atoms with E-state index in [1.807, 2.05) is 0 Å². The molecule has 2 amide bonds. The predicted octanol–water partition coefficient (Wildman–Crippen LogP) is 4.57. The van der Waals surface area contributed by atoms with Gasteiger partial charge in [0.1, 0.15) is 23.2 Å². The molecule has 0 aliphatic carbocycles. The Labute approximate surface area is 222 Å². The van der Waals surface area contributed by atoms with Crippen molar-refractivity contribution in [2.75, 3.05) is 26.0 Å². The third-order valence-electron chi connectivity index (χ3n) is 4.17. The number of amides is 2. The quantitative estimate of drug-likeness (QED) is 0.578. The molecule has 4 rings (SSSR count). The molecule has 0 saturated carbocycles. The lowest BCUT2D eigenvalue weighted by atomic mass is 10.1. The van der Waals surface area contributed by atoms with Crippen LogP contribution in [0.3, 0.4) is 0 Å². The lowest BCUT2D eigenvalue weighted by Crippen LogP contribution is -2.38. The molecule has 0 unspecified atom stereocenters. The molecule has 0 spiro atoms. The van der Waals surface area contributed by atoms with Crippen molar-refractivity contribution >= 4 is 46.6 Å². The highest BCUT2D eigenvalue weighted by Crippen LogP contribution is 2.20. The van der Waals surface area contributed by atoms with Crippen molar-refractivity contribution in [3.63, 3.8) is 0 Å². The molecule has 0 atom stereocenters. The zero-order valence-corrected chi connectivity index (χ0v) is 18.4. The molecule has 2 aromatic rings. The van der Waals surface area contributed by atoms with Crippen LogP contribution in [0.4, 0.5) is 8.78 Å². The Morgan fingerprint density at radius 2 is 1.15 bits per heavy atom. The Morgan fingerprint density at radius 1 is 0.735 bits per heavy atom. The summed E-state index contributed by atoms with van der Waals surface area (Å²) in [6, 6.07) is 5.42. The summed E-state index contributed by atoms with van der Waals surface area (Å²) in [7, 11) is 0. The molecule has 2 fully saturated rings. The fourth-order valence-electron chi connectivity index (χ4n) is 2.49. The van der Waals surface area contributed by atoms with Gasteiger partial charge < -0.3 is 9.80 Å². The first-order valence-electron chi connectivity index (χ1n) is 15.3. The molecule has 0 aromatic heterocycles. The second-order valence-electron chi connectivity index (χ2n) is 6.55. The van der Waals surface area contributed by atoms with Gasteiger partial charge in [-0.05, 0) is 36.4 Å². The van der Waals surface area contributed by atoms with Crippen molar-refractivity contribution in [2.45, 2.75) is 25.6 Å². The summed E-state index contributed by atoms with van der Waals surface area (Å²) in [4.78, 5) is 48.4. The highest BCUT2D eigenvalue weighted by atomic mass is 35.5. The number of nitrogens with zero attached hydrogens (tertiary/aromatic N) is 2. The van der Waals surface area contributed by atoms with Crippen molar-refractivity contribution in [3.8, 4) is 0 Å². The zero-order valence-electron chi connectivity index (χ0n) is 28.9. The second kappa shape index (κ2) is 11.5. The van der Waals surface area contributed by atoms with Crippen LogP contribution in [0.15, 0.2) is 36.4 Å². The van der Waals surface area contributed by atoms with Gasteiger partial charge in [-0.15, -0.1) is 0 Å². The first-order valence-corrected chi connectivity index (χ1v) is 10.1. The van der Waals surface area contributed by atoms with Crippen LogP contribution >= 0.6 is 23.2 Å².